The van der Waals surface area contributed by atoms with Crippen molar-refractivity contribution >= 4 is 11.8 Å². The van der Waals surface area contributed by atoms with E-state index in [0.717, 1.165) is 12.8 Å². The Labute approximate surface area is 163 Å². The lowest BCUT2D eigenvalue weighted by molar-refractivity contribution is -0.0577. The molecule has 0 aromatic carbocycles. The average Bonchev–Trinajstić information content (AvgIpc) is 2.90. The Hall–Kier alpha value is -1.45. The first kappa shape index (κ1) is 21.8. The van der Waals surface area contributed by atoms with Crippen molar-refractivity contribution in [3.8, 4) is 0 Å². The lowest BCUT2D eigenvalue weighted by atomic mass is 10.1. The highest BCUT2D eigenvalue weighted by Gasteiger charge is 2.43. The number of rotatable bonds is 8. The van der Waals surface area contributed by atoms with Crippen molar-refractivity contribution in [3.05, 3.63) is 45.9 Å². The van der Waals surface area contributed by atoms with Gasteiger partial charge in [0.05, 0.1) is 6.61 Å². The van der Waals surface area contributed by atoms with Gasteiger partial charge in [0.15, 0.2) is 11.4 Å². The summed E-state index contributed by atoms with van der Waals surface area (Å²) in [5.74, 6) is 0.617. The zero-order chi connectivity index (χ0) is 20.0. The van der Waals surface area contributed by atoms with Crippen molar-refractivity contribution in [1.29, 1.82) is 0 Å². The van der Waals surface area contributed by atoms with E-state index >= 15 is 0 Å². The third-order valence-electron chi connectivity index (χ3n) is 4.33. The van der Waals surface area contributed by atoms with E-state index in [9.17, 15) is 20.1 Å². The molecule has 0 spiro atoms. The number of nitrogens with zero attached hydrogens (tertiary/aromatic N) is 2. The normalized spacial score (nSPS) is 25.6. The maximum absolute atomic E-state index is 11.7. The molecule has 1 aliphatic heterocycles. The lowest BCUT2D eigenvalue weighted by Crippen LogP contribution is -2.33. The minimum atomic E-state index is -1.22. The summed E-state index contributed by atoms with van der Waals surface area (Å²) in [6, 6.07) is 1.28. The maximum atomic E-state index is 11.7. The second-order valence-electron chi connectivity index (χ2n) is 6.87. The standard InChI is InChI=1S/C19H28N2O5S/c1-12(2)5-4-6-13(3)8-10-27-19-20-15(23)7-9-21(19)18-17(25)16(24)14(11-22)26-18/h5,7-9,14,16-18,22,24-25H,4,6,10-11H2,1-3H3/b13-8+/t14-,16?,17+,18-/m1/s1. The molecular weight excluding hydrogens is 368 g/mol. The molecule has 1 aromatic rings. The summed E-state index contributed by atoms with van der Waals surface area (Å²) in [6.45, 7) is 5.81. The monoisotopic (exact) mass is 396 g/mol. The van der Waals surface area contributed by atoms with Crippen molar-refractivity contribution in [2.75, 3.05) is 12.4 Å². The molecule has 7 nitrogen and oxygen atoms in total. The van der Waals surface area contributed by atoms with E-state index in [1.165, 1.54) is 39.7 Å². The van der Waals surface area contributed by atoms with Crippen molar-refractivity contribution in [2.24, 2.45) is 0 Å². The predicted molar refractivity (Wildman–Crippen MR) is 105 cm³/mol. The average molecular weight is 397 g/mol. The predicted octanol–water partition coefficient (Wildman–Crippen LogP) is 1.64. The molecule has 2 rings (SSSR count). The Morgan fingerprint density at radius 3 is 2.67 bits per heavy atom. The zero-order valence-corrected chi connectivity index (χ0v) is 16.7. The van der Waals surface area contributed by atoms with Gasteiger partial charge in [0.1, 0.15) is 18.3 Å². The van der Waals surface area contributed by atoms with Gasteiger partial charge in [-0.2, -0.15) is 4.98 Å². The molecular formula is C19H28N2O5S. The first-order chi connectivity index (χ1) is 12.8. The highest BCUT2D eigenvalue weighted by molar-refractivity contribution is 7.99. The minimum Gasteiger partial charge on any atom is -0.394 e. The molecule has 1 aromatic heterocycles. The summed E-state index contributed by atoms with van der Waals surface area (Å²) in [5.41, 5.74) is 2.16. The molecule has 1 fully saturated rings. The molecule has 4 atom stereocenters. The molecule has 0 saturated carbocycles. The van der Waals surface area contributed by atoms with Gasteiger partial charge in [0, 0.05) is 18.0 Å². The van der Waals surface area contributed by atoms with Gasteiger partial charge in [-0.05, 0) is 33.6 Å². The topological polar surface area (TPSA) is 105 Å². The first-order valence-corrected chi connectivity index (χ1v) is 9.95. The highest BCUT2D eigenvalue weighted by Crippen LogP contribution is 2.31. The van der Waals surface area contributed by atoms with Crippen molar-refractivity contribution in [1.82, 2.24) is 9.55 Å². The quantitative estimate of drug-likeness (QED) is 0.348. The van der Waals surface area contributed by atoms with Crippen molar-refractivity contribution in [2.45, 2.75) is 63.3 Å². The van der Waals surface area contributed by atoms with Crippen LogP contribution < -0.4 is 5.56 Å². The van der Waals surface area contributed by atoms with Gasteiger partial charge >= 0.3 is 0 Å². The largest absolute Gasteiger partial charge is 0.394 e. The molecule has 3 N–H and O–H groups in total. The Balaban J connectivity index is 2.08. The Morgan fingerprint density at radius 2 is 2.04 bits per heavy atom. The van der Waals surface area contributed by atoms with Crippen molar-refractivity contribution < 1.29 is 20.1 Å². The fourth-order valence-corrected chi connectivity index (χ4v) is 3.74. The van der Waals surface area contributed by atoms with Gasteiger partial charge in [0.25, 0.3) is 5.56 Å². The molecule has 0 amide bonds. The van der Waals surface area contributed by atoms with E-state index in [1.54, 1.807) is 0 Å². The summed E-state index contributed by atoms with van der Waals surface area (Å²) in [5, 5.41) is 29.8. The van der Waals surface area contributed by atoms with Crippen LogP contribution in [0.2, 0.25) is 0 Å². The van der Waals surface area contributed by atoms with Crippen LogP contribution in [0.5, 0.6) is 0 Å². The van der Waals surface area contributed by atoms with Crippen LogP contribution in [0.4, 0.5) is 0 Å². The fourth-order valence-electron chi connectivity index (χ4n) is 2.76. The summed E-state index contributed by atoms with van der Waals surface area (Å²) in [4.78, 5) is 15.7. The number of aliphatic hydroxyl groups excluding tert-OH is 3. The summed E-state index contributed by atoms with van der Waals surface area (Å²) < 4.78 is 7.07. The molecule has 2 heterocycles. The summed E-state index contributed by atoms with van der Waals surface area (Å²) in [7, 11) is 0. The van der Waals surface area contributed by atoms with Crippen LogP contribution in [0.3, 0.4) is 0 Å². The van der Waals surface area contributed by atoms with E-state index in [1.807, 2.05) is 0 Å². The molecule has 0 bridgehead atoms. The molecule has 150 valence electrons. The van der Waals surface area contributed by atoms with Gasteiger partial charge in [-0.25, -0.2) is 0 Å². The van der Waals surface area contributed by atoms with Gasteiger partial charge in [0.2, 0.25) is 0 Å². The van der Waals surface area contributed by atoms with E-state index in [0.29, 0.717) is 10.9 Å². The SMILES string of the molecule is CC(C)=CCC/C(C)=C/CSc1nc(=O)ccn1[C@@H]1O[C@H](CO)C(O)[C@@H]1O. The summed E-state index contributed by atoms with van der Waals surface area (Å²) in [6.07, 6.45) is 3.54. The summed E-state index contributed by atoms with van der Waals surface area (Å²) >= 11 is 1.35. The van der Waals surface area contributed by atoms with Gasteiger partial charge < -0.3 is 20.1 Å². The second-order valence-corrected chi connectivity index (χ2v) is 7.85. The molecule has 1 unspecified atom stereocenters. The lowest BCUT2D eigenvalue weighted by Gasteiger charge is -2.20. The Morgan fingerprint density at radius 1 is 1.30 bits per heavy atom. The molecule has 1 aliphatic rings. The number of aromatic nitrogens is 2. The minimum absolute atomic E-state index is 0.384. The number of aliphatic hydroxyl groups is 3. The van der Waals surface area contributed by atoms with Crippen LogP contribution in [-0.2, 0) is 4.74 Å². The molecule has 27 heavy (non-hydrogen) atoms. The van der Waals surface area contributed by atoms with Gasteiger partial charge in [-0.3, -0.25) is 9.36 Å². The number of hydrogen-bond donors (Lipinski definition) is 3. The molecule has 0 radical (unpaired) electrons. The fraction of sp³-hybridized carbons (Fsp3) is 0.579. The van der Waals surface area contributed by atoms with Gasteiger partial charge in [-0.1, -0.05) is 35.1 Å². The molecule has 1 saturated heterocycles. The third-order valence-corrected chi connectivity index (χ3v) is 5.22. The smallest absolute Gasteiger partial charge is 0.273 e. The van der Waals surface area contributed by atoms with E-state index in [2.05, 4.69) is 37.9 Å². The van der Waals surface area contributed by atoms with Crippen LogP contribution in [-0.4, -0.2) is 55.5 Å². The van der Waals surface area contributed by atoms with Gasteiger partial charge in [-0.15, -0.1) is 0 Å². The van der Waals surface area contributed by atoms with Crippen LogP contribution in [0.25, 0.3) is 0 Å². The Kier molecular flexibility index (Phi) is 8.25. The Bertz CT molecular complexity index is 742. The maximum Gasteiger partial charge on any atom is 0.273 e. The van der Waals surface area contributed by atoms with Crippen LogP contribution in [0.15, 0.2) is 45.5 Å². The van der Waals surface area contributed by atoms with Crippen LogP contribution >= 0.6 is 11.8 Å². The second kappa shape index (κ2) is 10.2. The number of allylic oxidation sites excluding steroid dienone is 3. The number of hydrogen-bond acceptors (Lipinski definition) is 7. The van der Waals surface area contributed by atoms with Crippen LogP contribution in [0, 0.1) is 0 Å². The van der Waals surface area contributed by atoms with Crippen molar-refractivity contribution in [3.63, 3.8) is 0 Å². The van der Waals surface area contributed by atoms with Crippen LogP contribution in [0.1, 0.15) is 39.8 Å². The number of ether oxygens (including phenoxy) is 1. The van der Waals surface area contributed by atoms with E-state index < -0.39 is 31.1 Å². The molecule has 0 aliphatic carbocycles. The molecule has 8 heteroatoms. The highest BCUT2D eigenvalue weighted by atomic mass is 32.2. The zero-order valence-electron chi connectivity index (χ0n) is 15.9. The first-order valence-electron chi connectivity index (χ1n) is 8.97. The van der Waals surface area contributed by atoms with E-state index in [-0.39, 0.29) is 5.56 Å². The van der Waals surface area contributed by atoms with E-state index in [4.69, 9.17) is 4.74 Å². The number of thioether (sulfide) groups is 1. The third kappa shape index (κ3) is 6.02.